The quantitative estimate of drug-likeness (QED) is 0.640. The summed E-state index contributed by atoms with van der Waals surface area (Å²) < 4.78 is 55.5. The zero-order valence-corrected chi connectivity index (χ0v) is 16.7. The molecule has 0 radical (unpaired) electrons. The van der Waals surface area contributed by atoms with Crippen LogP contribution in [0.2, 0.25) is 0 Å². The van der Waals surface area contributed by atoms with Crippen LogP contribution >= 0.6 is 0 Å². The van der Waals surface area contributed by atoms with E-state index in [9.17, 15) is 18.0 Å². The molecule has 6 rings (SSSR count). The van der Waals surface area contributed by atoms with Gasteiger partial charge in [-0.3, -0.25) is 4.79 Å². The summed E-state index contributed by atoms with van der Waals surface area (Å²) in [6, 6.07) is 13.1. The number of hydrogen-bond donors (Lipinski definition) is 1. The van der Waals surface area contributed by atoms with Crippen molar-refractivity contribution in [2.75, 3.05) is 30.0 Å². The molecule has 1 spiro atoms. The van der Waals surface area contributed by atoms with Crippen LogP contribution in [0.15, 0.2) is 52.9 Å². The van der Waals surface area contributed by atoms with Crippen molar-refractivity contribution in [2.24, 2.45) is 0 Å². The molecular formula is C23H17F3N2O4. The summed E-state index contributed by atoms with van der Waals surface area (Å²) in [5.74, 6) is -0.0710. The van der Waals surface area contributed by atoms with Crippen molar-refractivity contribution in [1.29, 1.82) is 0 Å². The maximum atomic E-state index is 13.9. The van der Waals surface area contributed by atoms with Crippen LogP contribution in [0, 0.1) is 0 Å². The number of carbonyl (C=O) groups excluding carboxylic acids is 1. The summed E-state index contributed by atoms with van der Waals surface area (Å²) in [5.41, 5.74) is 1.79. The van der Waals surface area contributed by atoms with Crippen LogP contribution in [0.1, 0.15) is 22.6 Å². The first-order chi connectivity index (χ1) is 15.4. The fourth-order valence-electron chi connectivity index (χ4n) is 4.73. The van der Waals surface area contributed by atoms with Gasteiger partial charge in [0, 0.05) is 23.9 Å². The van der Waals surface area contributed by atoms with Crippen molar-refractivity contribution in [3.8, 4) is 11.5 Å². The van der Waals surface area contributed by atoms with Crippen molar-refractivity contribution < 1.29 is 31.9 Å². The Balaban J connectivity index is 1.44. The molecule has 32 heavy (non-hydrogen) atoms. The molecule has 0 aliphatic carbocycles. The minimum absolute atomic E-state index is 0.0529. The normalized spacial score (nSPS) is 21.0. The van der Waals surface area contributed by atoms with Gasteiger partial charge >= 0.3 is 6.18 Å². The monoisotopic (exact) mass is 442 g/mol. The Bertz CT molecular complexity index is 1250. The third-order valence-electron chi connectivity index (χ3n) is 6.18. The molecule has 0 saturated heterocycles. The van der Waals surface area contributed by atoms with Crippen molar-refractivity contribution in [1.82, 2.24) is 0 Å². The van der Waals surface area contributed by atoms with Crippen molar-refractivity contribution in [3.63, 3.8) is 0 Å². The number of benzene rings is 2. The van der Waals surface area contributed by atoms with E-state index < -0.39 is 17.4 Å². The number of fused-ring (bicyclic) bond motifs is 5. The lowest BCUT2D eigenvalue weighted by atomic mass is 9.77. The van der Waals surface area contributed by atoms with E-state index in [2.05, 4.69) is 5.32 Å². The number of nitrogens with one attached hydrogen (secondary N) is 1. The van der Waals surface area contributed by atoms with Gasteiger partial charge in [0.1, 0.15) is 35.9 Å². The van der Waals surface area contributed by atoms with E-state index in [1.165, 1.54) is 11.0 Å². The predicted octanol–water partition coefficient (Wildman–Crippen LogP) is 4.33. The average molecular weight is 442 g/mol. The number of carbonyl (C=O) groups is 1. The summed E-state index contributed by atoms with van der Waals surface area (Å²) in [4.78, 5) is 15.3. The summed E-state index contributed by atoms with van der Waals surface area (Å²) in [5, 5.41) is 3.28. The highest BCUT2D eigenvalue weighted by molar-refractivity contribution is 6.11. The number of halogens is 3. The molecule has 1 unspecified atom stereocenters. The molecule has 1 atom stereocenters. The Labute approximate surface area is 180 Å². The number of alkyl halides is 3. The molecule has 3 aliphatic heterocycles. The zero-order valence-electron chi connectivity index (χ0n) is 16.7. The molecule has 4 heterocycles. The number of rotatable bonds is 2. The van der Waals surface area contributed by atoms with Crippen LogP contribution in [0.3, 0.4) is 0 Å². The molecule has 3 aliphatic rings. The Morgan fingerprint density at radius 2 is 1.88 bits per heavy atom. The number of amides is 1. The SMILES string of the molecule is O=C1N(Cc2ccc(C(F)(F)F)o2)c2ccccc2C12COc1cc3c(cc12)NCCO3. The number of anilines is 2. The number of ether oxygens (including phenoxy) is 2. The first-order valence-electron chi connectivity index (χ1n) is 10.1. The fraction of sp³-hybridized carbons (Fsp3) is 0.261. The first kappa shape index (κ1) is 19.1. The Morgan fingerprint density at radius 1 is 1.03 bits per heavy atom. The van der Waals surface area contributed by atoms with E-state index in [0.29, 0.717) is 35.9 Å². The molecule has 1 amide bonds. The summed E-state index contributed by atoms with van der Waals surface area (Å²) in [6.07, 6.45) is -4.58. The van der Waals surface area contributed by atoms with Gasteiger partial charge in [-0.2, -0.15) is 13.2 Å². The number of nitrogens with zero attached hydrogens (tertiary/aromatic N) is 1. The number of para-hydroxylation sites is 1. The Morgan fingerprint density at radius 3 is 2.69 bits per heavy atom. The van der Waals surface area contributed by atoms with E-state index in [0.717, 1.165) is 17.3 Å². The second-order valence-electron chi connectivity index (χ2n) is 7.99. The third kappa shape index (κ3) is 2.57. The smallest absolute Gasteiger partial charge is 0.449 e. The van der Waals surface area contributed by atoms with E-state index >= 15 is 0 Å². The van der Waals surface area contributed by atoms with Crippen molar-refractivity contribution in [3.05, 3.63) is 71.2 Å². The van der Waals surface area contributed by atoms with Gasteiger partial charge in [0.2, 0.25) is 11.7 Å². The molecule has 1 aromatic heterocycles. The fourth-order valence-corrected chi connectivity index (χ4v) is 4.73. The molecule has 0 bridgehead atoms. The summed E-state index contributed by atoms with van der Waals surface area (Å²) in [7, 11) is 0. The van der Waals surface area contributed by atoms with Gasteiger partial charge in [0.15, 0.2) is 0 Å². The average Bonchev–Trinajstić information content (AvgIpc) is 3.46. The molecule has 164 valence electrons. The number of furan rings is 1. The van der Waals surface area contributed by atoms with Gasteiger partial charge in [-0.25, -0.2) is 0 Å². The van der Waals surface area contributed by atoms with Crippen LogP contribution in [0.25, 0.3) is 0 Å². The van der Waals surface area contributed by atoms with Crippen LogP contribution in [0.4, 0.5) is 24.5 Å². The summed E-state index contributed by atoms with van der Waals surface area (Å²) >= 11 is 0. The highest BCUT2D eigenvalue weighted by atomic mass is 19.4. The van der Waals surface area contributed by atoms with Gasteiger partial charge in [0.05, 0.1) is 12.2 Å². The largest absolute Gasteiger partial charge is 0.491 e. The van der Waals surface area contributed by atoms with Gasteiger partial charge < -0.3 is 24.1 Å². The minimum Gasteiger partial charge on any atom is -0.491 e. The van der Waals surface area contributed by atoms with E-state index in [1.807, 2.05) is 18.2 Å². The molecular weight excluding hydrogens is 425 g/mol. The highest BCUT2D eigenvalue weighted by Gasteiger charge is 2.57. The number of hydrogen-bond acceptors (Lipinski definition) is 5. The molecule has 0 fully saturated rings. The van der Waals surface area contributed by atoms with Crippen LogP contribution in [-0.2, 0) is 22.9 Å². The highest BCUT2D eigenvalue weighted by Crippen LogP contribution is 2.54. The summed E-state index contributed by atoms with van der Waals surface area (Å²) in [6.45, 7) is 1.17. The van der Waals surface area contributed by atoms with Crippen LogP contribution in [-0.4, -0.2) is 25.7 Å². The van der Waals surface area contributed by atoms with Crippen LogP contribution in [0.5, 0.6) is 11.5 Å². The second-order valence-corrected chi connectivity index (χ2v) is 7.99. The third-order valence-corrected chi connectivity index (χ3v) is 6.18. The Hall–Kier alpha value is -3.62. The molecule has 6 nitrogen and oxygen atoms in total. The zero-order chi connectivity index (χ0) is 22.1. The maximum absolute atomic E-state index is 13.9. The standard InChI is InChI=1S/C23H17F3N2O4/c24-23(25,26)20-6-5-13(32-20)11-28-17-4-2-1-3-14(17)22(21(28)29)12-31-18-10-19-16(9-15(18)22)27-7-8-30-19/h1-6,9-10,27H,7-8,11-12H2. The van der Waals surface area contributed by atoms with E-state index in [-0.39, 0.29) is 24.8 Å². The molecule has 9 heteroatoms. The molecule has 2 aromatic carbocycles. The molecule has 1 N–H and O–H groups in total. The van der Waals surface area contributed by atoms with Gasteiger partial charge in [-0.1, -0.05) is 18.2 Å². The van der Waals surface area contributed by atoms with Crippen molar-refractivity contribution >= 4 is 17.3 Å². The maximum Gasteiger partial charge on any atom is 0.449 e. The first-order valence-corrected chi connectivity index (χ1v) is 10.1. The minimum atomic E-state index is -4.58. The van der Waals surface area contributed by atoms with E-state index in [1.54, 1.807) is 18.2 Å². The second kappa shape index (κ2) is 6.44. The van der Waals surface area contributed by atoms with Crippen molar-refractivity contribution in [2.45, 2.75) is 18.1 Å². The van der Waals surface area contributed by atoms with Gasteiger partial charge in [0.25, 0.3) is 0 Å². The predicted molar refractivity (Wildman–Crippen MR) is 108 cm³/mol. The lowest BCUT2D eigenvalue weighted by Crippen LogP contribution is -2.42. The van der Waals surface area contributed by atoms with Gasteiger partial charge in [-0.05, 0) is 29.8 Å². The molecule has 3 aromatic rings. The lowest BCUT2D eigenvalue weighted by molar-refractivity contribution is -0.153. The lowest BCUT2D eigenvalue weighted by Gasteiger charge is -2.24. The topological polar surface area (TPSA) is 63.9 Å². The van der Waals surface area contributed by atoms with Crippen LogP contribution < -0.4 is 19.7 Å². The molecule has 0 saturated carbocycles. The Kier molecular flexibility index (Phi) is 3.84. The van der Waals surface area contributed by atoms with E-state index in [4.69, 9.17) is 13.9 Å². The van der Waals surface area contributed by atoms with Gasteiger partial charge in [-0.15, -0.1) is 0 Å².